The van der Waals surface area contributed by atoms with Crippen LogP contribution in [-0.2, 0) is 9.53 Å². The molecule has 0 fully saturated rings. The molecule has 0 aliphatic heterocycles. The summed E-state index contributed by atoms with van der Waals surface area (Å²) in [5, 5.41) is 12.9. The second-order valence-electron chi connectivity index (χ2n) is 6.79. The van der Waals surface area contributed by atoms with Crippen molar-refractivity contribution in [3.63, 3.8) is 0 Å². The molecule has 152 valence electrons. The number of ether oxygens (including phenoxy) is 1. The summed E-state index contributed by atoms with van der Waals surface area (Å²) in [5.74, 6) is -1.73. The van der Waals surface area contributed by atoms with E-state index in [1.165, 1.54) is 13.0 Å². The largest absolute Gasteiger partial charge is 0.507 e. The highest BCUT2D eigenvalue weighted by Gasteiger charge is 2.27. The Kier molecular flexibility index (Phi) is 6.27. The van der Waals surface area contributed by atoms with E-state index in [2.05, 4.69) is 5.32 Å². The number of carbonyl (C=O) groups is 3. The topological polar surface area (TPSA) is 92.7 Å². The first-order valence-electron chi connectivity index (χ1n) is 9.33. The Hall–Kier alpha value is -3.93. The Labute approximate surface area is 174 Å². The third-order valence-electron chi connectivity index (χ3n) is 4.56. The minimum Gasteiger partial charge on any atom is -0.507 e. The van der Waals surface area contributed by atoms with Crippen molar-refractivity contribution >= 4 is 23.3 Å². The highest BCUT2D eigenvalue weighted by Crippen LogP contribution is 2.26. The lowest BCUT2D eigenvalue weighted by molar-refractivity contribution is -0.125. The summed E-state index contributed by atoms with van der Waals surface area (Å²) in [4.78, 5) is 37.3. The van der Waals surface area contributed by atoms with Crippen LogP contribution in [0, 0.1) is 6.92 Å². The molecule has 0 saturated carbocycles. The number of esters is 1. The Morgan fingerprint density at radius 1 is 0.933 bits per heavy atom. The monoisotopic (exact) mass is 403 g/mol. The maximum Gasteiger partial charge on any atom is 0.343 e. The molecular formula is C24H21NO5. The average molecular weight is 403 g/mol. The molecule has 0 bridgehead atoms. The van der Waals surface area contributed by atoms with Crippen molar-refractivity contribution in [2.24, 2.45) is 0 Å². The summed E-state index contributed by atoms with van der Waals surface area (Å²) in [6.45, 7) is 3.10. The first-order chi connectivity index (χ1) is 14.4. The van der Waals surface area contributed by atoms with E-state index in [0.717, 1.165) is 0 Å². The molecular weight excluding hydrogens is 382 g/mol. The third-order valence-corrected chi connectivity index (χ3v) is 4.56. The molecule has 3 rings (SSSR count). The number of Topliss-reactive ketones (excluding diaryl/α,β-unsaturated/α-hetero) is 1. The van der Waals surface area contributed by atoms with Crippen LogP contribution in [0.1, 0.15) is 44.9 Å². The van der Waals surface area contributed by atoms with Crippen LogP contribution in [0.25, 0.3) is 0 Å². The first-order valence-corrected chi connectivity index (χ1v) is 9.33. The van der Waals surface area contributed by atoms with Gasteiger partial charge >= 0.3 is 5.97 Å². The molecule has 30 heavy (non-hydrogen) atoms. The molecule has 6 heteroatoms. The number of benzene rings is 3. The normalized spacial score (nSPS) is 11.4. The lowest BCUT2D eigenvalue weighted by Gasteiger charge is -2.19. The summed E-state index contributed by atoms with van der Waals surface area (Å²) in [6, 6.07) is 19.8. The number of aryl methyl sites for hydroxylation is 1. The molecule has 6 nitrogen and oxygen atoms in total. The predicted molar refractivity (Wildman–Crippen MR) is 113 cm³/mol. The number of ketones is 1. The van der Waals surface area contributed by atoms with Gasteiger partial charge in [-0.25, -0.2) is 4.79 Å². The highest BCUT2D eigenvalue weighted by molar-refractivity contribution is 6.00. The molecule has 0 heterocycles. The molecule has 0 aliphatic carbocycles. The molecule has 0 spiro atoms. The van der Waals surface area contributed by atoms with Crippen molar-refractivity contribution in [1.82, 2.24) is 0 Å². The summed E-state index contributed by atoms with van der Waals surface area (Å²) < 4.78 is 5.49. The van der Waals surface area contributed by atoms with Crippen molar-refractivity contribution in [3.8, 4) is 5.75 Å². The smallest absolute Gasteiger partial charge is 0.343 e. The second kappa shape index (κ2) is 9.05. The van der Waals surface area contributed by atoms with Gasteiger partial charge in [-0.1, -0.05) is 54.6 Å². The van der Waals surface area contributed by atoms with Gasteiger partial charge in [-0.05, 0) is 37.6 Å². The minimum absolute atomic E-state index is 0.0256. The van der Waals surface area contributed by atoms with Crippen molar-refractivity contribution in [2.45, 2.75) is 20.0 Å². The number of anilines is 1. The van der Waals surface area contributed by atoms with E-state index in [-0.39, 0.29) is 17.1 Å². The number of para-hydroxylation sites is 1. The molecule has 0 aromatic heterocycles. The summed E-state index contributed by atoms with van der Waals surface area (Å²) in [7, 11) is 0. The quantitative estimate of drug-likeness (QED) is 0.469. The summed E-state index contributed by atoms with van der Waals surface area (Å²) in [5.41, 5.74) is 1.82. The van der Waals surface area contributed by atoms with Gasteiger partial charge in [0.25, 0.3) is 5.91 Å². The number of carbonyl (C=O) groups excluding carboxylic acids is 3. The Bertz CT molecular complexity index is 1090. The zero-order valence-corrected chi connectivity index (χ0v) is 16.6. The Morgan fingerprint density at radius 3 is 2.33 bits per heavy atom. The van der Waals surface area contributed by atoms with Crippen LogP contribution in [0.5, 0.6) is 5.75 Å². The van der Waals surface area contributed by atoms with Crippen LogP contribution in [0.15, 0.2) is 72.8 Å². The Morgan fingerprint density at radius 2 is 1.63 bits per heavy atom. The number of rotatable bonds is 6. The van der Waals surface area contributed by atoms with Crippen molar-refractivity contribution in [3.05, 3.63) is 95.1 Å². The van der Waals surface area contributed by atoms with E-state index in [1.807, 2.05) is 0 Å². The van der Waals surface area contributed by atoms with Gasteiger partial charge in [-0.15, -0.1) is 0 Å². The van der Waals surface area contributed by atoms with Gasteiger partial charge in [0.15, 0.2) is 5.78 Å². The third kappa shape index (κ3) is 4.72. The van der Waals surface area contributed by atoms with Gasteiger partial charge in [0.2, 0.25) is 6.10 Å². The average Bonchev–Trinajstić information content (AvgIpc) is 2.74. The zero-order valence-electron chi connectivity index (χ0n) is 16.6. The molecule has 0 unspecified atom stereocenters. The number of nitrogens with one attached hydrogen (secondary N) is 1. The molecule has 1 atom stereocenters. The van der Waals surface area contributed by atoms with Gasteiger partial charge in [-0.2, -0.15) is 0 Å². The number of hydrogen-bond donors (Lipinski definition) is 2. The van der Waals surface area contributed by atoms with Crippen molar-refractivity contribution in [2.75, 3.05) is 5.32 Å². The predicted octanol–water partition coefficient (Wildman–Crippen LogP) is 4.44. The fourth-order valence-electron chi connectivity index (χ4n) is 2.92. The van der Waals surface area contributed by atoms with Crippen LogP contribution in [0.2, 0.25) is 0 Å². The highest BCUT2D eigenvalue weighted by atomic mass is 16.5. The van der Waals surface area contributed by atoms with E-state index in [0.29, 0.717) is 22.4 Å². The maximum atomic E-state index is 13.0. The van der Waals surface area contributed by atoms with Crippen LogP contribution in [0.4, 0.5) is 5.69 Å². The molecule has 0 saturated heterocycles. The van der Waals surface area contributed by atoms with Gasteiger partial charge in [0, 0.05) is 16.8 Å². The lowest BCUT2D eigenvalue weighted by Crippen LogP contribution is -2.26. The van der Waals surface area contributed by atoms with Gasteiger partial charge in [0.05, 0.1) is 0 Å². The molecule has 2 N–H and O–H groups in total. The van der Waals surface area contributed by atoms with E-state index < -0.39 is 18.0 Å². The first kappa shape index (κ1) is 20.8. The summed E-state index contributed by atoms with van der Waals surface area (Å²) in [6.07, 6.45) is -1.25. The van der Waals surface area contributed by atoms with E-state index in [4.69, 9.17) is 4.74 Å². The van der Waals surface area contributed by atoms with Crippen molar-refractivity contribution < 1.29 is 24.2 Å². The number of hydrogen-bond acceptors (Lipinski definition) is 5. The van der Waals surface area contributed by atoms with E-state index >= 15 is 0 Å². The minimum atomic E-state index is -1.25. The van der Waals surface area contributed by atoms with E-state index in [9.17, 15) is 19.5 Å². The van der Waals surface area contributed by atoms with E-state index in [1.54, 1.807) is 73.7 Å². The number of phenolic OH excluding ortho intramolecular Hbond substituents is 1. The number of aromatic hydroxyl groups is 1. The standard InChI is InChI=1S/C24H21NO5/c1-15-8-6-13-20(21(15)27)24(29)30-22(17-9-4-3-5-10-17)23(28)25-19-12-7-11-18(14-19)16(2)26/h3-14,22,27H,1-2H3,(H,25,28)/t22-/m0/s1. The molecule has 0 aliphatic rings. The summed E-state index contributed by atoms with van der Waals surface area (Å²) >= 11 is 0. The fraction of sp³-hybridized carbons (Fsp3) is 0.125. The molecule has 1 amide bonds. The fourth-order valence-corrected chi connectivity index (χ4v) is 2.92. The van der Waals surface area contributed by atoms with Crippen LogP contribution in [0.3, 0.4) is 0 Å². The molecule has 0 radical (unpaired) electrons. The van der Waals surface area contributed by atoms with Crippen LogP contribution in [-0.4, -0.2) is 22.8 Å². The zero-order chi connectivity index (χ0) is 21.7. The SMILES string of the molecule is CC(=O)c1cccc(NC(=O)[C@@H](OC(=O)c2cccc(C)c2O)c2ccccc2)c1. The van der Waals surface area contributed by atoms with Crippen LogP contribution < -0.4 is 5.32 Å². The molecule has 3 aromatic carbocycles. The molecule has 3 aromatic rings. The van der Waals surface area contributed by atoms with Gasteiger partial charge in [0.1, 0.15) is 11.3 Å². The maximum absolute atomic E-state index is 13.0. The van der Waals surface area contributed by atoms with Crippen molar-refractivity contribution in [1.29, 1.82) is 0 Å². The van der Waals surface area contributed by atoms with Crippen LogP contribution >= 0.6 is 0 Å². The van der Waals surface area contributed by atoms with Gasteiger partial charge < -0.3 is 15.2 Å². The van der Waals surface area contributed by atoms with Gasteiger partial charge in [-0.3, -0.25) is 9.59 Å². The number of amides is 1. The number of phenols is 1. The second-order valence-corrected chi connectivity index (χ2v) is 6.79. The Balaban J connectivity index is 1.88. The lowest BCUT2D eigenvalue weighted by atomic mass is 10.1.